The van der Waals surface area contributed by atoms with Gasteiger partial charge in [-0.05, 0) is 95.9 Å². The van der Waals surface area contributed by atoms with E-state index in [-0.39, 0.29) is 17.9 Å². The number of pyridine rings is 1. The molecule has 1 aromatic heterocycles. The minimum atomic E-state index is -0.504. The molecule has 0 N–H and O–H groups in total. The summed E-state index contributed by atoms with van der Waals surface area (Å²) >= 11 is 0. The second-order valence-corrected chi connectivity index (χ2v) is 13.4. The van der Waals surface area contributed by atoms with Crippen molar-refractivity contribution in [2.24, 2.45) is 5.92 Å². The van der Waals surface area contributed by atoms with Gasteiger partial charge in [-0.25, -0.2) is 9.78 Å². The fourth-order valence-electron chi connectivity index (χ4n) is 6.66. The van der Waals surface area contributed by atoms with Crippen LogP contribution in [0, 0.1) is 19.8 Å². The third-order valence-electron chi connectivity index (χ3n) is 9.07. The van der Waals surface area contributed by atoms with E-state index in [0.29, 0.717) is 38.7 Å². The lowest BCUT2D eigenvalue weighted by Crippen LogP contribution is -2.40. The van der Waals surface area contributed by atoms with Gasteiger partial charge in [0.25, 0.3) is 5.91 Å². The van der Waals surface area contributed by atoms with Crippen molar-refractivity contribution in [3.63, 3.8) is 0 Å². The first-order valence-corrected chi connectivity index (χ1v) is 15.9. The first-order chi connectivity index (χ1) is 20.9. The molecule has 3 heterocycles. The number of carbonyl (C=O) groups is 2. The third-order valence-corrected chi connectivity index (χ3v) is 9.07. The normalized spacial score (nSPS) is 18.2. The average Bonchev–Trinajstić information content (AvgIpc) is 2.98. The third kappa shape index (κ3) is 7.09. The monoisotopic (exact) mass is 597 g/mol. The molecule has 7 nitrogen and oxygen atoms in total. The summed E-state index contributed by atoms with van der Waals surface area (Å²) in [5.74, 6) is 0.944. The van der Waals surface area contributed by atoms with Crippen LogP contribution < -0.4 is 4.74 Å². The number of benzene rings is 1. The van der Waals surface area contributed by atoms with E-state index in [0.717, 1.165) is 59.2 Å². The maximum absolute atomic E-state index is 14.1. The highest BCUT2D eigenvalue weighted by Crippen LogP contribution is 2.41. The number of rotatable bonds is 7. The Balaban J connectivity index is 1.32. The van der Waals surface area contributed by atoms with E-state index in [1.807, 2.05) is 62.9 Å². The van der Waals surface area contributed by atoms with Crippen molar-refractivity contribution in [2.75, 3.05) is 19.6 Å². The van der Waals surface area contributed by atoms with Gasteiger partial charge in [-0.2, -0.15) is 0 Å². The van der Waals surface area contributed by atoms with Gasteiger partial charge in [0.15, 0.2) is 0 Å². The molecule has 2 aromatic rings. The summed E-state index contributed by atoms with van der Waals surface area (Å²) in [7, 11) is 0. The molecule has 2 aliphatic heterocycles. The molecule has 1 atom stereocenters. The zero-order chi connectivity index (χ0) is 31.6. The molecule has 0 saturated heterocycles. The van der Waals surface area contributed by atoms with Gasteiger partial charge in [-0.3, -0.25) is 4.79 Å². The summed E-state index contributed by atoms with van der Waals surface area (Å²) in [6.07, 6.45) is 5.54. The van der Waals surface area contributed by atoms with E-state index < -0.39 is 5.60 Å². The van der Waals surface area contributed by atoms with Gasteiger partial charge >= 0.3 is 6.09 Å². The van der Waals surface area contributed by atoms with Crippen LogP contribution in [0.5, 0.6) is 5.88 Å². The standard InChI is InChI=1S/C37H47N3O4/c1-24-21-25(2)38-34(43-23-28-11-9-8-10-12-28)32(24)22-40-20-17-30-13-14-31(27(4)33(30)35(40)41)26(3)29-15-18-39(19-16-29)36(42)44-37(5,6)7/h8-12,15,21,26H,13-14,16-20,22-23H2,1-7H3/t26-/m1/s1. The second kappa shape index (κ2) is 13.0. The van der Waals surface area contributed by atoms with Crippen molar-refractivity contribution in [3.05, 3.63) is 92.7 Å². The van der Waals surface area contributed by atoms with Crippen molar-refractivity contribution in [2.45, 2.75) is 92.9 Å². The molecule has 234 valence electrons. The summed E-state index contributed by atoms with van der Waals surface area (Å²) in [5.41, 5.74) is 9.53. The van der Waals surface area contributed by atoms with Gasteiger partial charge in [-0.15, -0.1) is 0 Å². The number of aromatic nitrogens is 1. The van der Waals surface area contributed by atoms with Crippen LogP contribution in [-0.4, -0.2) is 52.0 Å². The van der Waals surface area contributed by atoms with Crippen molar-refractivity contribution in [3.8, 4) is 5.88 Å². The molecule has 1 aromatic carbocycles. The van der Waals surface area contributed by atoms with Gasteiger partial charge in [0, 0.05) is 36.5 Å². The van der Waals surface area contributed by atoms with Crippen molar-refractivity contribution in [1.29, 1.82) is 0 Å². The van der Waals surface area contributed by atoms with E-state index in [9.17, 15) is 9.59 Å². The van der Waals surface area contributed by atoms with E-state index in [4.69, 9.17) is 14.5 Å². The number of carbonyl (C=O) groups excluding carboxylic acids is 2. The van der Waals surface area contributed by atoms with E-state index in [1.54, 1.807) is 4.90 Å². The van der Waals surface area contributed by atoms with Gasteiger partial charge in [-0.1, -0.05) is 60.1 Å². The lowest BCUT2D eigenvalue weighted by molar-refractivity contribution is -0.128. The number of nitrogens with zero attached hydrogens (tertiary/aromatic N) is 3. The van der Waals surface area contributed by atoms with Crippen molar-refractivity contribution < 1.29 is 19.1 Å². The Hall–Kier alpha value is -3.87. The molecule has 0 bridgehead atoms. The summed E-state index contributed by atoms with van der Waals surface area (Å²) in [5, 5.41) is 0. The molecule has 7 heteroatoms. The van der Waals surface area contributed by atoms with E-state index in [1.165, 1.54) is 16.7 Å². The molecular weight excluding hydrogens is 550 g/mol. The van der Waals surface area contributed by atoms with Crippen LogP contribution in [-0.2, 0) is 22.7 Å². The minimum Gasteiger partial charge on any atom is -0.473 e. The largest absolute Gasteiger partial charge is 0.473 e. The van der Waals surface area contributed by atoms with Crippen LogP contribution in [0.15, 0.2) is 70.3 Å². The van der Waals surface area contributed by atoms with Crippen LogP contribution in [0.2, 0.25) is 0 Å². The number of hydrogen-bond acceptors (Lipinski definition) is 5. The van der Waals surface area contributed by atoms with Gasteiger partial charge in [0.2, 0.25) is 5.88 Å². The van der Waals surface area contributed by atoms with Crippen LogP contribution in [0.25, 0.3) is 0 Å². The first-order valence-electron chi connectivity index (χ1n) is 15.9. The van der Waals surface area contributed by atoms with Gasteiger partial charge < -0.3 is 19.3 Å². The molecule has 0 fully saturated rings. The number of allylic oxidation sites excluding steroid dienone is 1. The summed E-state index contributed by atoms with van der Waals surface area (Å²) < 4.78 is 11.8. The smallest absolute Gasteiger partial charge is 0.410 e. The average molecular weight is 598 g/mol. The molecule has 2 amide bonds. The molecular formula is C37H47N3O4. The molecule has 3 aliphatic rings. The molecule has 0 radical (unpaired) electrons. The molecule has 44 heavy (non-hydrogen) atoms. The predicted molar refractivity (Wildman–Crippen MR) is 173 cm³/mol. The summed E-state index contributed by atoms with van der Waals surface area (Å²) in [4.78, 5) is 35.2. The fraction of sp³-hybridized carbons (Fsp3) is 0.486. The molecule has 1 aliphatic carbocycles. The zero-order valence-electron chi connectivity index (χ0n) is 27.5. The van der Waals surface area contributed by atoms with E-state index in [2.05, 4.69) is 32.9 Å². The van der Waals surface area contributed by atoms with Gasteiger partial charge in [0.05, 0.1) is 6.54 Å². The Morgan fingerprint density at radius 2 is 1.77 bits per heavy atom. The minimum absolute atomic E-state index is 0.107. The molecule has 0 spiro atoms. The Labute approximate surface area is 262 Å². The number of aryl methyl sites for hydroxylation is 2. The molecule has 5 rings (SSSR count). The lowest BCUT2D eigenvalue weighted by Gasteiger charge is -2.37. The topological polar surface area (TPSA) is 72.0 Å². The Morgan fingerprint density at radius 1 is 1.02 bits per heavy atom. The highest BCUT2D eigenvalue weighted by Gasteiger charge is 2.34. The fourth-order valence-corrected chi connectivity index (χ4v) is 6.66. The highest BCUT2D eigenvalue weighted by molar-refractivity contribution is 6.00. The number of hydrogen-bond donors (Lipinski definition) is 0. The number of ether oxygens (including phenoxy) is 2. The molecule has 0 saturated carbocycles. The van der Waals surface area contributed by atoms with Crippen LogP contribution in [0.4, 0.5) is 4.79 Å². The summed E-state index contributed by atoms with van der Waals surface area (Å²) in [6, 6.07) is 12.2. The second-order valence-electron chi connectivity index (χ2n) is 13.4. The maximum atomic E-state index is 14.1. The van der Waals surface area contributed by atoms with E-state index >= 15 is 0 Å². The SMILES string of the molecule is CC1=C([C@H](C)C2=CCN(C(=O)OC(C)(C)C)CC2)CCC2=C1C(=O)N(Cc1c(C)cc(C)nc1OCc1ccccc1)CC2. The Morgan fingerprint density at radius 3 is 2.45 bits per heavy atom. The number of amides is 2. The maximum Gasteiger partial charge on any atom is 0.410 e. The van der Waals surface area contributed by atoms with Crippen LogP contribution in [0.1, 0.15) is 82.7 Å². The predicted octanol–water partition coefficient (Wildman–Crippen LogP) is 7.62. The van der Waals surface area contributed by atoms with Crippen LogP contribution >= 0.6 is 0 Å². The Bertz CT molecular complexity index is 1510. The quantitative estimate of drug-likeness (QED) is 0.307. The van der Waals surface area contributed by atoms with Gasteiger partial charge in [0.1, 0.15) is 12.2 Å². The summed E-state index contributed by atoms with van der Waals surface area (Å²) in [6.45, 7) is 16.9. The van der Waals surface area contributed by atoms with Crippen LogP contribution in [0.3, 0.4) is 0 Å². The Kier molecular flexibility index (Phi) is 9.33. The first kappa shape index (κ1) is 31.6. The zero-order valence-corrected chi connectivity index (χ0v) is 27.5. The van der Waals surface area contributed by atoms with Crippen molar-refractivity contribution >= 4 is 12.0 Å². The van der Waals surface area contributed by atoms with Crippen molar-refractivity contribution in [1.82, 2.24) is 14.8 Å². The lowest BCUT2D eigenvalue weighted by atomic mass is 9.75. The molecule has 0 unspecified atom stereocenters. The highest BCUT2D eigenvalue weighted by atomic mass is 16.6.